The Morgan fingerprint density at radius 1 is 1.60 bits per heavy atom. The lowest BCUT2D eigenvalue weighted by Gasteiger charge is -2.39. The van der Waals surface area contributed by atoms with E-state index in [0.717, 1.165) is 25.9 Å². The van der Waals surface area contributed by atoms with Crippen LogP contribution in [0.15, 0.2) is 18.3 Å². The molecule has 0 spiro atoms. The van der Waals surface area contributed by atoms with Gasteiger partial charge in [-0.3, -0.25) is 4.79 Å². The Hall–Kier alpha value is -1.62. The van der Waals surface area contributed by atoms with E-state index in [0.29, 0.717) is 17.9 Å². The number of aromatic nitrogens is 1. The molecule has 1 amide bonds. The van der Waals surface area contributed by atoms with Crippen LogP contribution in [0.4, 0.5) is 5.82 Å². The standard InChI is InChI=1S/C15H23N3O2/c1-4-16-13-12(7-5-9-17-13)14(19)18-10-6-8-15(2,11-18)20-3/h5,7,9H,4,6,8,10-11H2,1-3H3,(H,16,17). The summed E-state index contributed by atoms with van der Waals surface area (Å²) in [6, 6.07) is 3.62. The summed E-state index contributed by atoms with van der Waals surface area (Å²) in [4.78, 5) is 18.8. The van der Waals surface area contributed by atoms with Crippen molar-refractivity contribution in [3.8, 4) is 0 Å². The van der Waals surface area contributed by atoms with E-state index < -0.39 is 0 Å². The van der Waals surface area contributed by atoms with Gasteiger partial charge in [0.15, 0.2) is 0 Å². The Balaban J connectivity index is 2.19. The third-order valence-corrected chi connectivity index (χ3v) is 3.82. The topological polar surface area (TPSA) is 54.5 Å². The first kappa shape index (κ1) is 14.8. The molecule has 1 aliphatic rings. The summed E-state index contributed by atoms with van der Waals surface area (Å²) < 4.78 is 5.55. The van der Waals surface area contributed by atoms with Crippen LogP contribution in [0.5, 0.6) is 0 Å². The molecule has 1 fully saturated rings. The third kappa shape index (κ3) is 3.10. The normalized spacial score (nSPS) is 22.6. The van der Waals surface area contributed by atoms with E-state index in [4.69, 9.17) is 4.74 Å². The SMILES string of the molecule is CCNc1ncccc1C(=O)N1CCCC(C)(OC)C1. The highest BCUT2D eigenvalue weighted by Crippen LogP contribution is 2.26. The number of methoxy groups -OCH3 is 1. The summed E-state index contributed by atoms with van der Waals surface area (Å²) in [5, 5.41) is 3.14. The molecule has 1 saturated heterocycles. The van der Waals surface area contributed by atoms with Crippen LogP contribution in [0.1, 0.15) is 37.0 Å². The van der Waals surface area contributed by atoms with Gasteiger partial charge >= 0.3 is 0 Å². The van der Waals surface area contributed by atoms with Crippen molar-refractivity contribution in [2.24, 2.45) is 0 Å². The molecule has 1 aromatic heterocycles. The maximum absolute atomic E-state index is 12.7. The minimum atomic E-state index is -0.242. The number of ether oxygens (including phenoxy) is 1. The van der Waals surface area contributed by atoms with Gasteiger partial charge in [0.25, 0.3) is 5.91 Å². The summed E-state index contributed by atoms with van der Waals surface area (Å²) in [6.45, 7) is 6.20. The first-order valence-corrected chi connectivity index (χ1v) is 7.13. The first-order valence-electron chi connectivity index (χ1n) is 7.13. The van der Waals surface area contributed by atoms with Crippen molar-refractivity contribution in [2.45, 2.75) is 32.3 Å². The fraction of sp³-hybridized carbons (Fsp3) is 0.600. The van der Waals surface area contributed by atoms with Crippen LogP contribution >= 0.6 is 0 Å². The van der Waals surface area contributed by atoms with Crippen molar-refractivity contribution in [1.29, 1.82) is 0 Å². The molecular formula is C15H23N3O2. The Labute approximate surface area is 120 Å². The zero-order chi connectivity index (χ0) is 14.6. The molecular weight excluding hydrogens is 254 g/mol. The molecule has 1 atom stereocenters. The van der Waals surface area contributed by atoms with E-state index in [-0.39, 0.29) is 11.5 Å². The van der Waals surface area contributed by atoms with E-state index in [9.17, 15) is 4.79 Å². The predicted molar refractivity (Wildman–Crippen MR) is 79.0 cm³/mol. The molecule has 0 bridgehead atoms. The maximum Gasteiger partial charge on any atom is 0.257 e. The number of hydrogen-bond acceptors (Lipinski definition) is 4. The number of rotatable bonds is 4. The number of nitrogens with one attached hydrogen (secondary N) is 1. The van der Waals surface area contributed by atoms with Gasteiger partial charge in [0.1, 0.15) is 5.82 Å². The highest BCUT2D eigenvalue weighted by atomic mass is 16.5. The fourth-order valence-corrected chi connectivity index (χ4v) is 2.60. The zero-order valence-corrected chi connectivity index (χ0v) is 12.5. The molecule has 110 valence electrons. The van der Waals surface area contributed by atoms with Gasteiger partial charge < -0.3 is 15.0 Å². The Kier molecular flexibility index (Phi) is 4.60. The third-order valence-electron chi connectivity index (χ3n) is 3.82. The molecule has 5 heteroatoms. The van der Waals surface area contributed by atoms with Crippen molar-refractivity contribution in [3.63, 3.8) is 0 Å². The van der Waals surface area contributed by atoms with Crippen molar-refractivity contribution in [1.82, 2.24) is 9.88 Å². The minimum Gasteiger partial charge on any atom is -0.377 e. The van der Waals surface area contributed by atoms with Crippen LogP contribution in [-0.4, -0.2) is 48.1 Å². The average Bonchev–Trinajstić information content (AvgIpc) is 2.47. The van der Waals surface area contributed by atoms with Gasteiger partial charge in [-0.25, -0.2) is 4.98 Å². The average molecular weight is 277 g/mol. The minimum absolute atomic E-state index is 0.0250. The molecule has 0 aliphatic carbocycles. The summed E-state index contributed by atoms with van der Waals surface area (Å²) in [5.74, 6) is 0.682. The van der Waals surface area contributed by atoms with Gasteiger partial charge in [0.2, 0.25) is 0 Å². The van der Waals surface area contributed by atoms with Crippen LogP contribution in [0, 0.1) is 0 Å². The Bertz CT molecular complexity index is 478. The monoisotopic (exact) mass is 277 g/mol. The highest BCUT2D eigenvalue weighted by Gasteiger charge is 2.33. The summed E-state index contributed by atoms with van der Waals surface area (Å²) in [6.07, 6.45) is 3.65. The lowest BCUT2D eigenvalue weighted by atomic mass is 9.94. The molecule has 1 unspecified atom stereocenters. The smallest absolute Gasteiger partial charge is 0.257 e. The molecule has 2 heterocycles. The van der Waals surface area contributed by atoms with Crippen LogP contribution < -0.4 is 5.32 Å². The predicted octanol–water partition coefficient (Wildman–Crippen LogP) is 2.15. The second kappa shape index (κ2) is 6.22. The quantitative estimate of drug-likeness (QED) is 0.916. The van der Waals surface area contributed by atoms with Crippen LogP contribution in [0.2, 0.25) is 0 Å². The molecule has 1 N–H and O–H groups in total. The van der Waals surface area contributed by atoms with E-state index in [2.05, 4.69) is 17.2 Å². The number of carbonyl (C=O) groups is 1. The largest absolute Gasteiger partial charge is 0.377 e. The summed E-state index contributed by atoms with van der Waals surface area (Å²) in [7, 11) is 1.71. The maximum atomic E-state index is 12.7. The molecule has 1 aliphatic heterocycles. The van der Waals surface area contributed by atoms with Gasteiger partial charge in [-0.15, -0.1) is 0 Å². The number of carbonyl (C=O) groups excluding carboxylic acids is 1. The van der Waals surface area contributed by atoms with Gasteiger partial charge in [-0.1, -0.05) is 0 Å². The number of likely N-dealkylation sites (tertiary alicyclic amines) is 1. The highest BCUT2D eigenvalue weighted by molar-refractivity contribution is 5.98. The molecule has 0 saturated carbocycles. The van der Waals surface area contributed by atoms with Crippen LogP contribution in [0.3, 0.4) is 0 Å². The summed E-state index contributed by atoms with van der Waals surface area (Å²) >= 11 is 0. The number of anilines is 1. The number of nitrogens with zero attached hydrogens (tertiary/aromatic N) is 2. The van der Waals surface area contributed by atoms with E-state index in [1.807, 2.05) is 17.9 Å². The lowest BCUT2D eigenvalue weighted by molar-refractivity contribution is -0.0440. The van der Waals surface area contributed by atoms with Gasteiger partial charge in [-0.05, 0) is 38.8 Å². The second-order valence-corrected chi connectivity index (χ2v) is 5.41. The van der Waals surface area contributed by atoms with Gasteiger partial charge in [0, 0.05) is 32.9 Å². The Morgan fingerprint density at radius 2 is 2.40 bits per heavy atom. The molecule has 20 heavy (non-hydrogen) atoms. The second-order valence-electron chi connectivity index (χ2n) is 5.41. The molecule has 1 aromatic rings. The van der Waals surface area contributed by atoms with Crippen molar-refractivity contribution < 1.29 is 9.53 Å². The van der Waals surface area contributed by atoms with Crippen LogP contribution in [-0.2, 0) is 4.74 Å². The van der Waals surface area contributed by atoms with E-state index in [1.54, 1.807) is 19.4 Å². The van der Waals surface area contributed by atoms with Crippen molar-refractivity contribution >= 4 is 11.7 Å². The van der Waals surface area contributed by atoms with Crippen molar-refractivity contribution in [3.05, 3.63) is 23.9 Å². The van der Waals surface area contributed by atoms with Gasteiger partial charge in [-0.2, -0.15) is 0 Å². The number of pyridine rings is 1. The Morgan fingerprint density at radius 3 is 3.10 bits per heavy atom. The van der Waals surface area contributed by atoms with Crippen molar-refractivity contribution in [2.75, 3.05) is 32.1 Å². The number of hydrogen-bond donors (Lipinski definition) is 1. The molecule has 2 rings (SSSR count). The van der Waals surface area contributed by atoms with Gasteiger partial charge in [0.05, 0.1) is 11.2 Å². The zero-order valence-electron chi connectivity index (χ0n) is 12.5. The first-order chi connectivity index (χ1) is 9.59. The van der Waals surface area contributed by atoms with E-state index >= 15 is 0 Å². The molecule has 5 nitrogen and oxygen atoms in total. The van der Waals surface area contributed by atoms with E-state index in [1.165, 1.54) is 0 Å². The summed E-state index contributed by atoms with van der Waals surface area (Å²) in [5.41, 5.74) is 0.392. The lowest BCUT2D eigenvalue weighted by Crippen LogP contribution is -2.49. The molecule has 0 aromatic carbocycles. The van der Waals surface area contributed by atoms with Crippen LogP contribution in [0.25, 0.3) is 0 Å². The number of piperidine rings is 1. The fourth-order valence-electron chi connectivity index (χ4n) is 2.60. The molecule has 0 radical (unpaired) electrons. The number of amides is 1.